The van der Waals surface area contributed by atoms with Crippen LogP contribution in [0.5, 0.6) is 5.75 Å². The molecular weight excluding hydrogens is 428 g/mol. The Bertz CT molecular complexity index is 887. The third-order valence-electron chi connectivity index (χ3n) is 3.17. The summed E-state index contributed by atoms with van der Waals surface area (Å²) in [7, 11) is 1.25. The van der Waals surface area contributed by atoms with Gasteiger partial charge in [0.2, 0.25) is 0 Å². The molecule has 0 fully saturated rings. The first-order valence-electron chi connectivity index (χ1n) is 6.74. The SMILES string of the molecule is COc1c(Cl)cc(Cl)cc1/C=N\Nc1c(F)c(F)c(C(F)(F)F)c(F)c1F. The predicted molar refractivity (Wildman–Crippen MR) is 85.5 cm³/mol. The summed E-state index contributed by atoms with van der Waals surface area (Å²) in [6.07, 6.45) is -4.76. The molecule has 0 aliphatic heterocycles. The van der Waals surface area contributed by atoms with Gasteiger partial charge in [0.15, 0.2) is 23.3 Å². The fourth-order valence-electron chi connectivity index (χ4n) is 2.04. The number of hydrogen-bond donors (Lipinski definition) is 1. The van der Waals surface area contributed by atoms with Crippen LogP contribution in [0.15, 0.2) is 17.2 Å². The monoisotopic (exact) mass is 434 g/mol. The highest BCUT2D eigenvalue weighted by Crippen LogP contribution is 2.38. The summed E-state index contributed by atoms with van der Waals surface area (Å²) >= 11 is 11.6. The molecule has 2 aromatic rings. The number of methoxy groups -OCH3 is 1. The van der Waals surface area contributed by atoms with Crippen LogP contribution in [-0.4, -0.2) is 13.3 Å². The number of benzene rings is 2. The molecular formula is C15H7Cl2F7N2O. The first kappa shape index (κ1) is 21.1. The van der Waals surface area contributed by atoms with Gasteiger partial charge in [-0.05, 0) is 12.1 Å². The summed E-state index contributed by atoms with van der Waals surface area (Å²) in [6, 6.07) is 2.62. The van der Waals surface area contributed by atoms with E-state index in [-0.39, 0.29) is 21.4 Å². The minimum absolute atomic E-state index is 0.0652. The van der Waals surface area contributed by atoms with Crippen LogP contribution in [-0.2, 0) is 6.18 Å². The average Bonchev–Trinajstić information content (AvgIpc) is 2.54. The molecule has 0 saturated heterocycles. The third-order valence-corrected chi connectivity index (χ3v) is 3.67. The van der Waals surface area contributed by atoms with E-state index in [1.165, 1.54) is 19.2 Å². The molecule has 12 heteroatoms. The van der Waals surface area contributed by atoms with Gasteiger partial charge in [-0.2, -0.15) is 18.3 Å². The zero-order chi connectivity index (χ0) is 20.5. The summed E-state index contributed by atoms with van der Waals surface area (Å²) in [5.41, 5.74) is -2.52. The van der Waals surface area contributed by atoms with Crippen LogP contribution in [0.3, 0.4) is 0 Å². The first-order chi connectivity index (χ1) is 12.5. The van der Waals surface area contributed by atoms with E-state index in [2.05, 4.69) is 5.10 Å². The number of alkyl halides is 3. The number of hydrazone groups is 1. The van der Waals surface area contributed by atoms with E-state index in [1.807, 2.05) is 0 Å². The average molecular weight is 435 g/mol. The van der Waals surface area contributed by atoms with Crippen LogP contribution in [0, 0.1) is 23.3 Å². The predicted octanol–water partition coefficient (Wildman–Crippen LogP) is 6.02. The number of nitrogens with one attached hydrogen (secondary N) is 1. The molecule has 1 N–H and O–H groups in total. The van der Waals surface area contributed by atoms with Crippen molar-refractivity contribution in [3.05, 3.63) is 56.6 Å². The molecule has 3 nitrogen and oxygen atoms in total. The largest absolute Gasteiger partial charge is 0.495 e. The van der Waals surface area contributed by atoms with Gasteiger partial charge in [-0.1, -0.05) is 23.2 Å². The van der Waals surface area contributed by atoms with E-state index < -0.39 is 40.7 Å². The van der Waals surface area contributed by atoms with Crippen molar-refractivity contribution in [2.24, 2.45) is 5.10 Å². The smallest absolute Gasteiger partial charge is 0.422 e. The molecule has 0 radical (unpaired) electrons. The number of rotatable bonds is 4. The Morgan fingerprint density at radius 1 is 1.00 bits per heavy atom. The summed E-state index contributed by atoms with van der Waals surface area (Å²) in [4.78, 5) is 0. The van der Waals surface area contributed by atoms with Crippen molar-refractivity contribution >= 4 is 35.1 Å². The lowest BCUT2D eigenvalue weighted by Gasteiger charge is -2.13. The van der Waals surface area contributed by atoms with Gasteiger partial charge in [-0.3, -0.25) is 5.43 Å². The molecule has 0 saturated carbocycles. The van der Waals surface area contributed by atoms with Crippen molar-refractivity contribution in [3.63, 3.8) is 0 Å². The standard InChI is InChI=1S/C15H7Cl2F7N2O/c1-27-14-5(2-6(16)3-7(14)17)4-25-26-13-11(20)9(18)8(15(22,23)24)10(19)12(13)21/h2-4,26H,1H3/b25-4-. The Labute approximate surface area is 157 Å². The number of hydrogen-bond acceptors (Lipinski definition) is 3. The van der Waals surface area contributed by atoms with E-state index in [0.29, 0.717) is 0 Å². The van der Waals surface area contributed by atoms with Gasteiger partial charge >= 0.3 is 6.18 Å². The lowest BCUT2D eigenvalue weighted by Crippen LogP contribution is -2.16. The van der Waals surface area contributed by atoms with Crippen LogP contribution in [0.4, 0.5) is 36.4 Å². The maximum Gasteiger partial charge on any atom is 0.422 e. The van der Waals surface area contributed by atoms with Crippen molar-refractivity contribution in [2.45, 2.75) is 6.18 Å². The Morgan fingerprint density at radius 3 is 2.04 bits per heavy atom. The Hall–Kier alpha value is -2.20. The molecule has 0 spiro atoms. The Kier molecular flexibility index (Phi) is 6.10. The lowest BCUT2D eigenvalue weighted by molar-refractivity contribution is -0.143. The normalized spacial score (nSPS) is 11.9. The molecule has 0 aliphatic rings. The number of halogens is 9. The first-order valence-corrected chi connectivity index (χ1v) is 7.49. The Balaban J connectivity index is 2.44. The van der Waals surface area contributed by atoms with Crippen molar-refractivity contribution < 1.29 is 35.5 Å². The summed E-state index contributed by atoms with van der Waals surface area (Å²) in [5, 5.41) is 3.54. The van der Waals surface area contributed by atoms with Gasteiger partial charge in [0.05, 0.1) is 18.3 Å². The van der Waals surface area contributed by atoms with Crippen molar-refractivity contribution in [1.29, 1.82) is 0 Å². The van der Waals surface area contributed by atoms with Gasteiger partial charge in [0, 0.05) is 10.6 Å². The molecule has 27 heavy (non-hydrogen) atoms. The highest BCUT2D eigenvalue weighted by molar-refractivity contribution is 6.36. The number of ether oxygens (including phenoxy) is 1. The minimum atomic E-state index is -5.64. The van der Waals surface area contributed by atoms with E-state index in [1.54, 1.807) is 5.43 Å². The van der Waals surface area contributed by atoms with Crippen LogP contribution < -0.4 is 10.2 Å². The van der Waals surface area contributed by atoms with Gasteiger partial charge in [0.25, 0.3) is 0 Å². The molecule has 0 atom stereocenters. The lowest BCUT2D eigenvalue weighted by atomic mass is 10.1. The number of nitrogens with zero attached hydrogens (tertiary/aromatic N) is 1. The summed E-state index contributed by atoms with van der Waals surface area (Å²) in [6.45, 7) is 0. The maximum atomic E-state index is 13.7. The van der Waals surface area contributed by atoms with E-state index in [0.717, 1.165) is 6.21 Å². The number of anilines is 1. The van der Waals surface area contributed by atoms with Gasteiger partial charge < -0.3 is 4.74 Å². The van der Waals surface area contributed by atoms with Crippen molar-refractivity contribution in [1.82, 2.24) is 0 Å². The molecule has 0 bridgehead atoms. The van der Waals surface area contributed by atoms with Crippen LogP contribution in [0.25, 0.3) is 0 Å². The maximum absolute atomic E-state index is 13.7. The van der Waals surface area contributed by atoms with Gasteiger partial charge in [-0.25, -0.2) is 17.6 Å². The second kappa shape index (κ2) is 7.81. The quantitative estimate of drug-likeness (QED) is 0.276. The highest BCUT2D eigenvalue weighted by atomic mass is 35.5. The minimum Gasteiger partial charge on any atom is -0.495 e. The summed E-state index contributed by atoms with van der Waals surface area (Å²) < 4.78 is 97.1. The highest BCUT2D eigenvalue weighted by Gasteiger charge is 2.42. The van der Waals surface area contributed by atoms with Crippen molar-refractivity contribution in [3.8, 4) is 5.75 Å². The Morgan fingerprint density at radius 2 is 1.56 bits per heavy atom. The second-order valence-electron chi connectivity index (χ2n) is 4.88. The zero-order valence-corrected chi connectivity index (χ0v) is 14.5. The van der Waals surface area contributed by atoms with E-state index >= 15 is 0 Å². The van der Waals surface area contributed by atoms with E-state index in [4.69, 9.17) is 27.9 Å². The van der Waals surface area contributed by atoms with Gasteiger partial charge in [-0.15, -0.1) is 0 Å². The molecule has 0 unspecified atom stereocenters. The topological polar surface area (TPSA) is 33.6 Å². The summed E-state index contributed by atoms with van der Waals surface area (Å²) in [5.74, 6) is -9.74. The van der Waals surface area contributed by atoms with Gasteiger partial charge in [0.1, 0.15) is 17.0 Å². The fourth-order valence-corrected chi connectivity index (χ4v) is 2.62. The molecule has 0 aliphatic carbocycles. The third kappa shape index (κ3) is 4.22. The fraction of sp³-hybridized carbons (Fsp3) is 0.133. The molecule has 146 valence electrons. The van der Waals surface area contributed by atoms with Crippen LogP contribution >= 0.6 is 23.2 Å². The van der Waals surface area contributed by atoms with Crippen LogP contribution in [0.1, 0.15) is 11.1 Å². The molecule has 0 amide bonds. The molecule has 0 aromatic heterocycles. The molecule has 0 heterocycles. The second-order valence-corrected chi connectivity index (χ2v) is 5.73. The van der Waals surface area contributed by atoms with E-state index in [9.17, 15) is 30.7 Å². The van der Waals surface area contributed by atoms with Crippen molar-refractivity contribution in [2.75, 3.05) is 12.5 Å². The zero-order valence-electron chi connectivity index (χ0n) is 13.0. The molecule has 2 aromatic carbocycles. The van der Waals surface area contributed by atoms with Crippen LogP contribution in [0.2, 0.25) is 10.0 Å². The molecule has 2 rings (SSSR count).